The van der Waals surface area contributed by atoms with E-state index < -0.39 is 0 Å². The first-order valence-electron chi connectivity index (χ1n) is 7.05. The number of para-hydroxylation sites is 1. The zero-order chi connectivity index (χ0) is 13.9. The molecule has 0 fully saturated rings. The van der Waals surface area contributed by atoms with Gasteiger partial charge in [-0.25, -0.2) is 4.98 Å². The van der Waals surface area contributed by atoms with Gasteiger partial charge in [0, 0.05) is 25.4 Å². The molecular weight excluding hydrogens is 252 g/mol. The Morgan fingerprint density at radius 1 is 1.45 bits per heavy atom. The van der Waals surface area contributed by atoms with Gasteiger partial charge in [-0.1, -0.05) is 25.1 Å². The van der Waals surface area contributed by atoms with Gasteiger partial charge in [0.05, 0.1) is 6.42 Å². The fourth-order valence-electron chi connectivity index (χ4n) is 2.58. The molecule has 3 rings (SSSR count). The number of nitrogens with zero attached hydrogens (tertiary/aromatic N) is 2. The Kier molecular flexibility index (Phi) is 3.54. The van der Waals surface area contributed by atoms with Gasteiger partial charge in [-0.05, 0) is 18.1 Å². The molecule has 104 valence electrons. The van der Waals surface area contributed by atoms with E-state index in [1.165, 1.54) is 0 Å². The van der Waals surface area contributed by atoms with Crippen molar-refractivity contribution in [3.05, 3.63) is 48.0 Å². The molecule has 0 saturated heterocycles. The van der Waals surface area contributed by atoms with Crippen LogP contribution in [-0.4, -0.2) is 21.4 Å². The molecule has 0 aliphatic carbocycles. The van der Waals surface area contributed by atoms with Crippen LogP contribution >= 0.6 is 0 Å². The highest BCUT2D eigenvalue weighted by atomic mass is 16.5. The van der Waals surface area contributed by atoms with E-state index in [1.54, 1.807) is 6.20 Å². The third-order valence-electron chi connectivity index (χ3n) is 3.60. The van der Waals surface area contributed by atoms with Crippen molar-refractivity contribution in [1.29, 1.82) is 0 Å². The summed E-state index contributed by atoms with van der Waals surface area (Å²) in [6.07, 6.45) is 5.36. The van der Waals surface area contributed by atoms with Crippen LogP contribution < -0.4 is 4.74 Å². The summed E-state index contributed by atoms with van der Waals surface area (Å²) < 4.78 is 7.77. The van der Waals surface area contributed by atoms with E-state index in [0.717, 1.165) is 30.1 Å². The van der Waals surface area contributed by atoms with Crippen molar-refractivity contribution < 1.29 is 9.53 Å². The van der Waals surface area contributed by atoms with Gasteiger partial charge in [-0.2, -0.15) is 0 Å². The first-order valence-corrected chi connectivity index (χ1v) is 7.05. The fraction of sp³-hybridized carbons (Fsp3) is 0.375. The summed E-state index contributed by atoms with van der Waals surface area (Å²) in [7, 11) is 0. The number of hydrogen-bond acceptors (Lipinski definition) is 3. The number of aryl methyl sites for hydroxylation is 1. The van der Waals surface area contributed by atoms with Crippen molar-refractivity contribution in [2.24, 2.45) is 0 Å². The molecule has 1 atom stereocenters. The van der Waals surface area contributed by atoms with Gasteiger partial charge < -0.3 is 9.30 Å². The second kappa shape index (κ2) is 5.49. The molecule has 0 spiro atoms. The Bertz CT molecular complexity index is 593. The third kappa shape index (κ3) is 2.46. The molecule has 1 aliphatic rings. The minimum Gasteiger partial charge on any atom is -0.482 e. The summed E-state index contributed by atoms with van der Waals surface area (Å²) in [5, 5.41) is 0. The van der Waals surface area contributed by atoms with Crippen LogP contribution in [0.3, 0.4) is 0 Å². The molecule has 4 nitrogen and oxygen atoms in total. The average molecular weight is 270 g/mol. The predicted octanol–water partition coefficient (Wildman–Crippen LogP) is 2.41. The smallest absolute Gasteiger partial charge is 0.181 e. The summed E-state index contributed by atoms with van der Waals surface area (Å²) in [5.41, 5.74) is 1.11. The van der Waals surface area contributed by atoms with Crippen LogP contribution in [0.15, 0.2) is 36.7 Å². The average Bonchev–Trinajstić information content (AvgIpc) is 3.06. The van der Waals surface area contributed by atoms with Crippen molar-refractivity contribution in [3.8, 4) is 5.75 Å². The van der Waals surface area contributed by atoms with E-state index in [2.05, 4.69) is 11.9 Å². The van der Waals surface area contributed by atoms with E-state index in [1.807, 2.05) is 35.0 Å². The summed E-state index contributed by atoms with van der Waals surface area (Å²) in [6.45, 7) is 3.01. The van der Waals surface area contributed by atoms with Crippen LogP contribution in [0, 0.1) is 0 Å². The van der Waals surface area contributed by atoms with Crippen molar-refractivity contribution in [1.82, 2.24) is 9.55 Å². The van der Waals surface area contributed by atoms with Gasteiger partial charge >= 0.3 is 0 Å². The number of ketones is 1. The standard InChI is InChI=1S/C16H18N2O2/c1-2-8-18-9-7-17-16(18)11-13(19)15-10-12-5-3-4-6-14(12)20-15/h3-7,9,15H,2,8,10-11H2,1H3. The number of benzene rings is 1. The van der Waals surface area contributed by atoms with Gasteiger partial charge in [-0.15, -0.1) is 0 Å². The summed E-state index contributed by atoms with van der Waals surface area (Å²) >= 11 is 0. The predicted molar refractivity (Wildman–Crippen MR) is 75.8 cm³/mol. The van der Waals surface area contributed by atoms with Gasteiger partial charge in [0.1, 0.15) is 11.6 Å². The number of hydrogen-bond donors (Lipinski definition) is 0. The van der Waals surface area contributed by atoms with Crippen LogP contribution in [0.2, 0.25) is 0 Å². The van der Waals surface area contributed by atoms with Gasteiger partial charge in [0.2, 0.25) is 0 Å². The van der Waals surface area contributed by atoms with E-state index in [4.69, 9.17) is 4.74 Å². The van der Waals surface area contributed by atoms with E-state index in [0.29, 0.717) is 12.8 Å². The van der Waals surface area contributed by atoms with Gasteiger partial charge in [0.15, 0.2) is 11.9 Å². The first kappa shape index (κ1) is 12.9. The van der Waals surface area contributed by atoms with Crippen molar-refractivity contribution in [2.45, 2.75) is 38.8 Å². The van der Waals surface area contributed by atoms with Crippen LogP contribution in [0.5, 0.6) is 5.75 Å². The minimum absolute atomic E-state index is 0.102. The molecule has 2 heterocycles. The number of rotatable bonds is 5. The molecule has 4 heteroatoms. The number of ether oxygens (including phenoxy) is 1. The Hall–Kier alpha value is -2.10. The fourth-order valence-corrected chi connectivity index (χ4v) is 2.58. The number of fused-ring (bicyclic) bond motifs is 1. The molecule has 0 bridgehead atoms. The Balaban J connectivity index is 1.68. The Morgan fingerprint density at radius 3 is 3.10 bits per heavy atom. The lowest BCUT2D eigenvalue weighted by Crippen LogP contribution is -2.28. The highest BCUT2D eigenvalue weighted by molar-refractivity contribution is 5.86. The quantitative estimate of drug-likeness (QED) is 0.838. The highest BCUT2D eigenvalue weighted by Crippen LogP contribution is 2.28. The largest absolute Gasteiger partial charge is 0.482 e. The number of aromatic nitrogens is 2. The maximum Gasteiger partial charge on any atom is 0.181 e. The third-order valence-corrected chi connectivity index (χ3v) is 3.60. The van der Waals surface area contributed by atoms with Crippen LogP contribution in [0.25, 0.3) is 0 Å². The summed E-state index contributed by atoms with van der Waals surface area (Å²) in [6, 6.07) is 7.84. The number of carbonyl (C=O) groups is 1. The lowest BCUT2D eigenvalue weighted by atomic mass is 10.1. The lowest BCUT2D eigenvalue weighted by molar-refractivity contribution is -0.124. The Labute approximate surface area is 118 Å². The molecule has 20 heavy (non-hydrogen) atoms. The molecule has 1 aromatic heterocycles. The maximum absolute atomic E-state index is 12.4. The van der Waals surface area contributed by atoms with Crippen molar-refractivity contribution in [2.75, 3.05) is 0 Å². The normalized spacial score (nSPS) is 16.8. The summed E-state index contributed by atoms with van der Waals surface area (Å²) in [5.74, 6) is 1.77. The van der Waals surface area contributed by atoms with Crippen LogP contribution in [0.1, 0.15) is 24.7 Å². The summed E-state index contributed by atoms with van der Waals surface area (Å²) in [4.78, 5) is 16.6. The molecule has 0 radical (unpaired) electrons. The molecule has 1 aliphatic heterocycles. The number of Topliss-reactive ketones (excluding diaryl/α,β-unsaturated/α-hetero) is 1. The zero-order valence-electron chi connectivity index (χ0n) is 11.6. The number of carbonyl (C=O) groups excluding carboxylic acids is 1. The van der Waals surface area contributed by atoms with E-state index in [-0.39, 0.29) is 11.9 Å². The maximum atomic E-state index is 12.4. The second-order valence-corrected chi connectivity index (χ2v) is 5.10. The van der Waals surface area contributed by atoms with Crippen molar-refractivity contribution in [3.63, 3.8) is 0 Å². The highest BCUT2D eigenvalue weighted by Gasteiger charge is 2.29. The molecule has 0 N–H and O–H groups in total. The van der Waals surface area contributed by atoms with Crippen LogP contribution in [0.4, 0.5) is 0 Å². The SMILES string of the molecule is CCCn1ccnc1CC(=O)C1Cc2ccccc2O1. The molecule has 2 aromatic rings. The number of imidazole rings is 1. The molecule has 0 amide bonds. The van der Waals surface area contributed by atoms with E-state index in [9.17, 15) is 4.79 Å². The van der Waals surface area contributed by atoms with Crippen LogP contribution in [-0.2, 0) is 24.2 Å². The zero-order valence-corrected chi connectivity index (χ0v) is 11.6. The van der Waals surface area contributed by atoms with Crippen molar-refractivity contribution >= 4 is 5.78 Å². The molecule has 1 unspecified atom stereocenters. The molecular formula is C16H18N2O2. The second-order valence-electron chi connectivity index (χ2n) is 5.10. The van der Waals surface area contributed by atoms with Gasteiger partial charge in [0.25, 0.3) is 0 Å². The topological polar surface area (TPSA) is 44.1 Å². The molecule has 1 aromatic carbocycles. The minimum atomic E-state index is -0.362. The monoisotopic (exact) mass is 270 g/mol. The Morgan fingerprint density at radius 2 is 2.30 bits per heavy atom. The van der Waals surface area contributed by atoms with Gasteiger partial charge in [-0.3, -0.25) is 4.79 Å². The first-order chi connectivity index (χ1) is 9.78. The lowest BCUT2D eigenvalue weighted by Gasteiger charge is -2.10. The molecule has 0 saturated carbocycles. The van der Waals surface area contributed by atoms with E-state index >= 15 is 0 Å².